The summed E-state index contributed by atoms with van der Waals surface area (Å²) in [4.78, 5) is 11.2. The predicted octanol–water partition coefficient (Wildman–Crippen LogP) is 2.40. The standard InChI is InChI=1S/C11H9F2NO2/c1-7(15)9-3-2-8(5-14)4-10(9)16-6-11(12)13/h2-4,11H,6H2,1H3. The van der Waals surface area contributed by atoms with Gasteiger partial charge < -0.3 is 4.74 Å². The molecule has 0 aliphatic carbocycles. The van der Waals surface area contributed by atoms with E-state index in [4.69, 9.17) is 10.00 Å². The van der Waals surface area contributed by atoms with Gasteiger partial charge in [-0.25, -0.2) is 8.78 Å². The molecule has 0 unspecified atom stereocenters. The number of halogens is 2. The molecular formula is C11H9F2NO2. The van der Waals surface area contributed by atoms with E-state index in [1.165, 1.54) is 25.1 Å². The topological polar surface area (TPSA) is 50.1 Å². The molecule has 0 bridgehead atoms. The summed E-state index contributed by atoms with van der Waals surface area (Å²) in [5.41, 5.74) is 0.453. The van der Waals surface area contributed by atoms with Crippen LogP contribution in [0.3, 0.4) is 0 Å². The minimum absolute atomic E-state index is 0.0202. The van der Waals surface area contributed by atoms with Crippen LogP contribution in [0.5, 0.6) is 5.75 Å². The molecule has 0 atom stereocenters. The van der Waals surface area contributed by atoms with Crippen molar-refractivity contribution in [2.24, 2.45) is 0 Å². The van der Waals surface area contributed by atoms with Crippen molar-refractivity contribution in [2.45, 2.75) is 13.3 Å². The molecule has 0 fully saturated rings. The minimum Gasteiger partial charge on any atom is -0.487 e. The van der Waals surface area contributed by atoms with Crippen LogP contribution in [-0.2, 0) is 0 Å². The minimum atomic E-state index is -2.62. The number of nitriles is 1. The van der Waals surface area contributed by atoms with Crippen molar-refractivity contribution in [3.63, 3.8) is 0 Å². The second kappa shape index (κ2) is 5.21. The molecule has 1 aromatic carbocycles. The fourth-order valence-electron chi connectivity index (χ4n) is 1.15. The van der Waals surface area contributed by atoms with E-state index in [9.17, 15) is 13.6 Å². The predicted molar refractivity (Wildman–Crippen MR) is 52.7 cm³/mol. The van der Waals surface area contributed by atoms with E-state index < -0.39 is 13.0 Å². The second-order valence-corrected chi connectivity index (χ2v) is 3.08. The number of alkyl halides is 2. The third-order valence-electron chi connectivity index (χ3n) is 1.85. The Morgan fingerprint density at radius 1 is 1.56 bits per heavy atom. The number of ether oxygens (including phenoxy) is 1. The van der Waals surface area contributed by atoms with Gasteiger partial charge in [-0.2, -0.15) is 5.26 Å². The lowest BCUT2D eigenvalue weighted by Crippen LogP contribution is -2.09. The second-order valence-electron chi connectivity index (χ2n) is 3.08. The van der Waals surface area contributed by atoms with Crippen molar-refractivity contribution >= 4 is 5.78 Å². The van der Waals surface area contributed by atoms with Crippen LogP contribution >= 0.6 is 0 Å². The summed E-state index contributed by atoms with van der Waals surface area (Å²) in [7, 11) is 0. The molecule has 0 N–H and O–H groups in total. The van der Waals surface area contributed by atoms with Crippen molar-refractivity contribution in [1.82, 2.24) is 0 Å². The zero-order chi connectivity index (χ0) is 12.1. The zero-order valence-corrected chi connectivity index (χ0v) is 8.54. The van der Waals surface area contributed by atoms with Gasteiger partial charge in [-0.05, 0) is 25.1 Å². The first-order valence-electron chi connectivity index (χ1n) is 4.50. The SMILES string of the molecule is CC(=O)c1ccc(C#N)cc1OCC(F)F. The van der Waals surface area contributed by atoms with Crippen LogP contribution in [0.1, 0.15) is 22.8 Å². The van der Waals surface area contributed by atoms with Crippen LogP contribution in [-0.4, -0.2) is 18.8 Å². The molecule has 84 valence electrons. The largest absolute Gasteiger partial charge is 0.487 e. The molecule has 0 spiro atoms. The Bertz CT molecular complexity index is 438. The van der Waals surface area contributed by atoms with Gasteiger partial charge in [0.1, 0.15) is 12.4 Å². The van der Waals surface area contributed by atoms with Crippen LogP contribution in [0.4, 0.5) is 8.78 Å². The van der Waals surface area contributed by atoms with Gasteiger partial charge in [0.05, 0.1) is 17.2 Å². The highest BCUT2D eigenvalue weighted by Crippen LogP contribution is 2.21. The Kier molecular flexibility index (Phi) is 3.95. The number of Topliss-reactive ketones (excluding diaryl/α,β-unsaturated/α-hetero) is 1. The van der Waals surface area contributed by atoms with Crippen LogP contribution < -0.4 is 4.74 Å². The van der Waals surface area contributed by atoms with E-state index in [0.29, 0.717) is 0 Å². The fourth-order valence-corrected chi connectivity index (χ4v) is 1.15. The van der Waals surface area contributed by atoms with Gasteiger partial charge in [0, 0.05) is 0 Å². The third kappa shape index (κ3) is 3.02. The molecule has 0 heterocycles. The molecule has 1 aromatic rings. The molecule has 0 aliphatic rings. The van der Waals surface area contributed by atoms with E-state index in [1.807, 2.05) is 6.07 Å². The number of benzene rings is 1. The first kappa shape index (κ1) is 12.1. The molecule has 0 saturated heterocycles. The van der Waals surface area contributed by atoms with E-state index in [0.717, 1.165) is 0 Å². The van der Waals surface area contributed by atoms with Crippen LogP contribution in [0.15, 0.2) is 18.2 Å². The Balaban J connectivity index is 3.02. The number of carbonyl (C=O) groups excluding carboxylic acids is 1. The zero-order valence-electron chi connectivity index (χ0n) is 8.54. The average Bonchev–Trinajstić information content (AvgIpc) is 2.25. The van der Waals surface area contributed by atoms with Crippen molar-refractivity contribution in [3.05, 3.63) is 29.3 Å². The highest BCUT2D eigenvalue weighted by atomic mass is 19.3. The van der Waals surface area contributed by atoms with Crippen LogP contribution in [0.2, 0.25) is 0 Å². The van der Waals surface area contributed by atoms with Crippen molar-refractivity contribution < 1.29 is 18.3 Å². The number of hydrogen-bond acceptors (Lipinski definition) is 3. The number of rotatable bonds is 4. The van der Waals surface area contributed by atoms with E-state index in [2.05, 4.69) is 0 Å². The molecular weight excluding hydrogens is 216 g/mol. The number of ketones is 1. The average molecular weight is 225 g/mol. The van der Waals surface area contributed by atoms with Gasteiger partial charge in [-0.1, -0.05) is 0 Å². The molecule has 0 radical (unpaired) electrons. The van der Waals surface area contributed by atoms with Crippen molar-refractivity contribution in [1.29, 1.82) is 5.26 Å². The van der Waals surface area contributed by atoms with Gasteiger partial charge in [0.2, 0.25) is 0 Å². The maximum Gasteiger partial charge on any atom is 0.272 e. The Morgan fingerprint density at radius 2 is 2.25 bits per heavy atom. The normalized spacial score (nSPS) is 9.94. The molecule has 1 rings (SSSR count). The highest BCUT2D eigenvalue weighted by molar-refractivity contribution is 5.97. The van der Waals surface area contributed by atoms with E-state index in [-0.39, 0.29) is 22.7 Å². The summed E-state index contributed by atoms with van der Waals surface area (Å²) in [6.07, 6.45) is -2.62. The molecule has 0 aromatic heterocycles. The monoisotopic (exact) mass is 225 g/mol. The Morgan fingerprint density at radius 3 is 2.75 bits per heavy atom. The third-order valence-corrected chi connectivity index (χ3v) is 1.85. The lowest BCUT2D eigenvalue weighted by atomic mass is 10.1. The van der Waals surface area contributed by atoms with Crippen molar-refractivity contribution in [2.75, 3.05) is 6.61 Å². The summed E-state index contributed by atoms with van der Waals surface area (Å²) in [5.74, 6) is -0.277. The van der Waals surface area contributed by atoms with Gasteiger partial charge >= 0.3 is 0 Å². The van der Waals surface area contributed by atoms with Crippen molar-refractivity contribution in [3.8, 4) is 11.8 Å². The summed E-state index contributed by atoms with van der Waals surface area (Å²) in [5, 5.41) is 8.63. The van der Waals surface area contributed by atoms with Gasteiger partial charge in [-0.3, -0.25) is 4.79 Å². The van der Waals surface area contributed by atoms with Gasteiger partial charge in [0.25, 0.3) is 6.43 Å². The number of nitrogens with zero attached hydrogens (tertiary/aromatic N) is 1. The molecule has 5 heteroatoms. The lowest BCUT2D eigenvalue weighted by Gasteiger charge is -2.09. The number of carbonyl (C=O) groups is 1. The molecule has 3 nitrogen and oxygen atoms in total. The summed E-state index contributed by atoms with van der Waals surface area (Å²) in [6.45, 7) is 0.506. The number of hydrogen-bond donors (Lipinski definition) is 0. The maximum absolute atomic E-state index is 12.0. The first-order chi connectivity index (χ1) is 7.54. The lowest BCUT2D eigenvalue weighted by molar-refractivity contribution is 0.0802. The van der Waals surface area contributed by atoms with Crippen LogP contribution in [0, 0.1) is 11.3 Å². The summed E-state index contributed by atoms with van der Waals surface area (Å²) < 4.78 is 28.7. The fraction of sp³-hybridized carbons (Fsp3) is 0.273. The van der Waals surface area contributed by atoms with Gasteiger partial charge in [-0.15, -0.1) is 0 Å². The van der Waals surface area contributed by atoms with Crippen LogP contribution in [0.25, 0.3) is 0 Å². The summed E-state index contributed by atoms with van der Waals surface area (Å²) in [6, 6.07) is 5.95. The molecule has 16 heavy (non-hydrogen) atoms. The molecule has 0 saturated carbocycles. The Labute approximate surface area is 91.3 Å². The molecule has 0 aliphatic heterocycles. The maximum atomic E-state index is 12.0. The summed E-state index contributed by atoms with van der Waals surface area (Å²) >= 11 is 0. The van der Waals surface area contributed by atoms with Gasteiger partial charge in [0.15, 0.2) is 5.78 Å². The molecule has 0 amide bonds. The Hall–Kier alpha value is -1.96. The van der Waals surface area contributed by atoms with E-state index in [1.54, 1.807) is 0 Å². The first-order valence-corrected chi connectivity index (χ1v) is 4.50. The smallest absolute Gasteiger partial charge is 0.272 e. The highest BCUT2D eigenvalue weighted by Gasteiger charge is 2.11. The van der Waals surface area contributed by atoms with E-state index >= 15 is 0 Å². The quantitative estimate of drug-likeness (QED) is 0.739.